The topological polar surface area (TPSA) is 32.5 Å². The van der Waals surface area contributed by atoms with E-state index in [0.29, 0.717) is 6.04 Å². The monoisotopic (exact) mass is 185 g/mol. The summed E-state index contributed by atoms with van der Waals surface area (Å²) in [5.41, 5.74) is 5.76. The number of rotatable bonds is 3. The van der Waals surface area contributed by atoms with E-state index in [4.69, 9.17) is 5.73 Å². The van der Waals surface area contributed by atoms with Crippen LogP contribution in [0.2, 0.25) is 0 Å². The molecule has 0 aliphatic carbocycles. The molecule has 1 aliphatic rings. The molecule has 0 radical (unpaired) electrons. The molecule has 1 fully saturated rings. The van der Waals surface area contributed by atoms with Gasteiger partial charge in [-0.05, 0) is 13.0 Å². The van der Waals surface area contributed by atoms with Crippen LogP contribution in [0.25, 0.3) is 0 Å². The van der Waals surface area contributed by atoms with Gasteiger partial charge in [0.25, 0.3) is 0 Å². The zero-order chi connectivity index (χ0) is 9.84. The molecular formula is C10H23N3. The smallest absolute Gasteiger partial charge is 0.0346 e. The molecule has 3 heteroatoms. The van der Waals surface area contributed by atoms with Crippen LogP contribution in [-0.2, 0) is 0 Å². The molecule has 0 aromatic carbocycles. The van der Waals surface area contributed by atoms with Crippen LogP contribution in [0, 0.1) is 5.92 Å². The summed E-state index contributed by atoms with van der Waals surface area (Å²) in [6.07, 6.45) is 0. The summed E-state index contributed by atoms with van der Waals surface area (Å²) < 4.78 is 0. The van der Waals surface area contributed by atoms with E-state index in [1.54, 1.807) is 0 Å². The first kappa shape index (κ1) is 11.0. The zero-order valence-electron chi connectivity index (χ0n) is 9.16. The van der Waals surface area contributed by atoms with Crippen molar-refractivity contribution in [1.82, 2.24) is 9.80 Å². The summed E-state index contributed by atoms with van der Waals surface area (Å²) in [7, 11) is 2.18. The maximum Gasteiger partial charge on any atom is 0.0346 e. The number of hydrogen-bond donors (Lipinski definition) is 1. The van der Waals surface area contributed by atoms with E-state index < -0.39 is 0 Å². The van der Waals surface area contributed by atoms with Crippen LogP contribution < -0.4 is 5.73 Å². The normalized spacial score (nSPS) is 27.0. The summed E-state index contributed by atoms with van der Waals surface area (Å²) in [5.74, 6) is 0.748. The van der Waals surface area contributed by atoms with Gasteiger partial charge in [-0.15, -0.1) is 0 Å². The highest BCUT2D eigenvalue weighted by molar-refractivity contribution is 4.81. The maximum absolute atomic E-state index is 5.76. The molecule has 3 nitrogen and oxygen atoms in total. The maximum atomic E-state index is 5.76. The molecule has 0 aromatic heterocycles. The number of hydrogen-bond acceptors (Lipinski definition) is 3. The van der Waals surface area contributed by atoms with E-state index >= 15 is 0 Å². The second kappa shape index (κ2) is 4.94. The third-order valence-corrected chi connectivity index (χ3v) is 2.68. The minimum atomic E-state index is 0.571. The first-order valence-electron chi connectivity index (χ1n) is 5.26. The van der Waals surface area contributed by atoms with Crippen LogP contribution in [0.15, 0.2) is 0 Å². The van der Waals surface area contributed by atoms with Gasteiger partial charge < -0.3 is 10.6 Å². The standard InChI is InChI=1S/C10H23N3/c1-9(2)7-13-5-4-12(3)8-10(13)6-11/h9-10H,4-8,11H2,1-3H3. The zero-order valence-corrected chi connectivity index (χ0v) is 9.16. The molecule has 78 valence electrons. The van der Waals surface area contributed by atoms with Crippen molar-refractivity contribution in [2.24, 2.45) is 11.7 Å². The third-order valence-electron chi connectivity index (χ3n) is 2.68. The highest BCUT2D eigenvalue weighted by Crippen LogP contribution is 2.09. The van der Waals surface area contributed by atoms with Gasteiger partial charge in [-0.3, -0.25) is 4.90 Å². The van der Waals surface area contributed by atoms with Gasteiger partial charge in [-0.1, -0.05) is 13.8 Å². The number of nitrogens with zero attached hydrogens (tertiary/aromatic N) is 2. The molecule has 0 bridgehead atoms. The lowest BCUT2D eigenvalue weighted by molar-refractivity contribution is 0.0841. The molecule has 0 saturated carbocycles. The Balaban J connectivity index is 2.42. The quantitative estimate of drug-likeness (QED) is 0.682. The highest BCUT2D eigenvalue weighted by Gasteiger charge is 2.23. The Morgan fingerprint density at radius 2 is 2.08 bits per heavy atom. The van der Waals surface area contributed by atoms with Crippen LogP contribution >= 0.6 is 0 Å². The van der Waals surface area contributed by atoms with E-state index in [0.717, 1.165) is 19.0 Å². The van der Waals surface area contributed by atoms with E-state index in [9.17, 15) is 0 Å². The van der Waals surface area contributed by atoms with Crippen LogP contribution in [0.3, 0.4) is 0 Å². The Morgan fingerprint density at radius 3 is 2.62 bits per heavy atom. The predicted molar refractivity (Wildman–Crippen MR) is 56.8 cm³/mol. The summed E-state index contributed by atoms with van der Waals surface area (Å²) in [6.45, 7) is 10.0. The van der Waals surface area contributed by atoms with Crippen molar-refractivity contribution in [3.8, 4) is 0 Å². The molecule has 2 N–H and O–H groups in total. The van der Waals surface area contributed by atoms with Crippen molar-refractivity contribution in [2.45, 2.75) is 19.9 Å². The molecule has 1 heterocycles. The third kappa shape index (κ3) is 3.25. The average Bonchev–Trinajstić information content (AvgIpc) is 2.07. The van der Waals surface area contributed by atoms with E-state index in [1.807, 2.05) is 0 Å². The first-order chi connectivity index (χ1) is 6.13. The fourth-order valence-corrected chi connectivity index (χ4v) is 1.98. The van der Waals surface area contributed by atoms with Crippen molar-refractivity contribution in [2.75, 3.05) is 39.8 Å². The van der Waals surface area contributed by atoms with Gasteiger partial charge in [-0.2, -0.15) is 0 Å². The molecule has 0 spiro atoms. The van der Waals surface area contributed by atoms with Crippen molar-refractivity contribution < 1.29 is 0 Å². The highest BCUT2D eigenvalue weighted by atomic mass is 15.3. The summed E-state index contributed by atoms with van der Waals surface area (Å²) in [6, 6.07) is 0.571. The lowest BCUT2D eigenvalue weighted by Gasteiger charge is -2.40. The second-order valence-electron chi connectivity index (χ2n) is 4.54. The second-order valence-corrected chi connectivity index (χ2v) is 4.54. The van der Waals surface area contributed by atoms with Crippen LogP contribution in [0.1, 0.15) is 13.8 Å². The van der Waals surface area contributed by atoms with Crippen molar-refractivity contribution in [3.05, 3.63) is 0 Å². The first-order valence-corrected chi connectivity index (χ1v) is 5.26. The van der Waals surface area contributed by atoms with Gasteiger partial charge >= 0.3 is 0 Å². The van der Waals surface area contributed by atoms with Crippen LogP contribution in [0.5, 0.6) is 0 Å². The molecule has 1 saturated heterocycles. The molecule has 1 aliphatic heterocycles. The molecule has 1 unspecified atom stereocenters. The fourth-order valence-electron chi connectivity index (χ4n) is 1.98. The summed E-state index contributed by atoms with van der Waals surface area (Å²) in [4.78, 5) is 4.90. The molecule has 0 amide bonds. The van der Waals surface area contributed by atoms with Crippen molar-refractivity contribution in [1.29, 1.82) is 0 Å². The molecule has 13 heavy (non-hydrogen) atoms. The van der Waals surface area contributed by atoms with Gasteiger partial charge in [0.05, 0.1) is 0 Å². The van der Waals surface area contributed by atoms with Gasteiger partial charge in [0.15, 0.2) is 0 Å². The number of piperazine rings is 1. The van der Waals surface area contributed by atoms with Crippen molar-refractivity contribution in [3.63, 3.8) is 0 Å². The van der Waals surface area contributed by atoms with E-state index in [-0.39, 0.29) is 0 Å². The lowest BCUT2D eigenvalue weighted by atomic mass is 10.1. The van der Waals surface area contributed by atoms with Crippen LogP contribution in [-0.4, -0.2) is 55.6 Å². The Morgan fingerprint density at radius 1 is 1.38 bits per heavy atom. The number of likely N-dealkylation sites (N-methyl/N-ethyl adjacent to an activating group) is 1. The molecule has 1 rings (SSSR count). The van der Waals surface area contributed by atoms with E-state index in [2.05, 4.69) is 30.7 Å². The fraction of sp³-hybridized carbons (Fsp3) is 1.00. The van der Waals surface area contributed by atoms with Gasteiger partial charge in [-0.25, -0.2) is 0 Å². The largest absolute Gasteiger partial charge is 0.329 e. The Bertz CT molecular complexity index is 147. The van der Waals surface area contributed by atoms with Crippen LogP contribution in [0.4, 0.5) is 0 Å². The van der Waals surface area contributed by atoms with Gasteiger partial charge in [0.2, 0.25) is 0 Å². The summed E-state index contributed by atoms with van der Waals surface area (Å²) >= 11 is 0. The van der Waals surface area contributed by atoms with E-state index in [1.165, 1.54) is 19.6 Å². The number of nitrogens with two attached hydrogens (primary N) is 1. The predicted octanol–water partition coefficient (Wildman–Crippen LogP) is 0.217. The average molecular weight is 185 g/mol. The minimum absolute atomic E-state index is 0.571. The SMILES string of the molecule is CC(C)CN1CCN(C)CC1CN. The minimum Gasteiger partial charge on any atom is -0.329 e. The molecule has 0 aromatic rings. The van der Waals surface area contributed by atoms with Crippen molar-refractivity contribution >= 4 is 0 Å². The van der Waals surface area contributed by atoms with Gasteiger partial charge in [0.1, 0.15) is 0 Å². The van der Waals surface area contributed by atoms with Gasteiger partial charge in [0, 0.05) is 38.8 Å². The lowest BCUT2D eigenvalue weighted by Crippen LogP contribution is -2.55. The Hall–Kier alpha value is -0.120. The Labute approximate surface area is 81.9 Å². The molecular weight excluding hydrogens is 162 g/mol. The summed E-state index contributed by atoms with van der Waals surface area (Å²) in [5, 5.41) is 0. The molecule has 1 atom stereocenters. The Kier molecular flexibility index (Phi) is 4.16.